The van der Waals surface area contributed by atoms with Crippen molar-refractivity contribution in [3.63, 3.8) is 0 Å². The van der Waals surface area contributed by atoms with Gasteiger partial charge in [0, 0.05) is 11.8 Å². The molecule has 0 radical (unpaired) electrons. The van der Waals surface area contributed by atoms with Gasteiger partial charge in [0.15, 0.2) is 4.33 Å². The summed E-state index contributed by atoms with van der Waals surface area (Å²) in [7, 11) is 0. The third-order valence-corrected chi connectivity index (χ3v) is 8.95. The summed E-state index contributed by atoms with van der Waals surface area (Å²) in [5.74, 6) is -0.911. The zero-order chi connectivity index (χ0) is 14.2. The number of allylic oxidation sites excluding steroid dienone is 2. The molecule has 10 heteroatoms. The molecular weight excluding hydrogens is 401 g/mol. The summed E-state index contributed by atoms with van der Waals surface area (Å²) in [5.41, 5.74) is 0. The van der Waals surface area contributed by atoms with Gasteiger partial charge in [-0.1, -0.05) is 46.4 Å². The highest BCUT2D eigenvalue weighted by Gasteiger charge is 2.82. The topological polar surface area (TPSA) is 35.5 Å². The van der Waals surface area contributed by atoms with E-state index in [4.69, 9.17) is 78.0 Å². The van der Waals surface area contributed by atoms with E-state index in [9.17, 15) is 4.21 Å². The molecule has 2 unspecified atom stereocenters. The van der Waals surface area contributed by atoms with E-state index in [1.165, 1.54) is 0 Å². The van der Waals surface area contributed by atoms with E-state index in [0.29, 0.717) is 0 Å². The minimum absolute atomic E-state index is 0.0107. The summed E-state index contributed by atoms with van der Waals surface area (Å²) in [4.78, 5) is -2.78. The van der Waals surface area contributed by atoms with Gasteiger partial charge in [-0.25, -0.2) is 0 Å². The fraction of sp³-hybridized carbons (Fsp3) is 0.778. The van der Waals surface area contributed by atoms with Gasteiger partial charge in [0.2, 0.25) is 0 Å². The van der Waals surface area contributed by atoms with Gasteiger partial charge >= 0.3 is 11.4 Å². The van der Waals surface area contributed by atoms with E-state index in [0.717, 1.165) is 0 Å². The van der Waals surface area contributed by atoms with E-state index in [-0.39, 0.29) is 23.3 Å². The maximum Gasteiger partial charge on any atom is 0.304 e. The Hall–Kier alpha value is 1.55. The molecule has 0 aromatic rings. The van der Waals surface area contributed by atoms with E-state index in [1.54, 1.807) is 0 Å². The number of halogens is 6. The van der Waals surface area contributed by atoms with Gasteiger partial charge in [0.1, 0.15) is 9.75 Å². The summed E-state index contributed by atoms with van der Waals surface area (Å²) < 4.78 is 19.7. The lowest BCUT2D eigenvalue weighted by atomic mass is 9.83. The molecular formula is C9H6Cl6O3S. The Morgan fingerprint density at radius 3 is 1.68 bits per heavy atom. The summed E-state index contributed by atoms with van der Waals surface area (Å²) in [6, 6.07) is 0. The summed E-state index contributed by atoms with van der Waals surface area (Å²) in [5, 5.41) is 0.210. The quantitative estimate of drug-likeness (QED) is 0.575. The Morgan fingerprint density at radius 1 is 0.947 bits per heavy atom. The molecule has 0 spiro atoms. The minimum atomic E-state index is -1.86. The molecule has 0 N–H and O–H groups in total. The van der Waals surface area contributed by atoms with Crippen molar-refractivity contribution in [3.05, 3.63) is 10.1 Å². The van der Waals surface area contributed by atoms with Crippen molar-refractivity contribution in [2.45, 2.75) is 14.1 Å². The van der Waals surface area contributed by atoms with Crippen LogP contribution in [0.3, 0.4) is 0 Å². The molecule has 1 heterocycles. The normalized spacial score (nSPS) is 52.2. The molecule has 0 aromatic heterocycles. The molecule has 3 aliphatic rings. The number of hydrogen-bond donors (Lipinski definition) is 0. The third kappa shape index (κ3) is 1.59. The average molecular weight is 407 g/mol. The van der Waals surface area contributed by atoms with Crippen LogP contribution in [0.2, 0.25) is 0 Å². The minimum Gasteiger partial charge on any atom is -0.268 e. The number of alkyl halides is 4. The first-order valence-electron chi connectivity index (χ1n) is 5.19. The van der Waals surface area contributed by atoms with Crippen LogP contribution in [0.15, 0.2) is 10.1 Å². The number of fused-ring (bicyclic) bond motifs is 5. The Balaban J connectivity index is 2.19. The first-order valence-corrected chi connectivity index (χ1v) is 8.46. The zero-order valence-electron chi connectivity index (χ0n) is 8.97. The second-order valence-corrected chi connectivity index (χ2v) is 8.77. The lowest BCUT2D eigenvalue weighted by Crippen LogP contribution is -2.45. The van der Waals surface area contributed by atoms with E-state index in [2.05, 4.69) is 0 Å². The van der Waals surface area contributed by atoms with Crippen LogP contribution in [-0.4, -0.2) is 31.5 Å². The summed E-state index contributed by atoms with van der Waals surface area (Å²) in [6.45, 7) is 0.0215. The lowest BCUT2D eigenvalue weighted by Gasteiger charge is -2.33. The van der Waals surface area contributed by atoms with Gasteiger partial charge in [-0.05, 0) is 0 Å². The van der Waals surface area contributed by atoms with Gasteiger partial charge in [-0.2, -0.15) is 4.21 Å². The van der Waals surface area contributed by atoms with Gasteiger partial charge in [0.25, 0.3) is 0 Å². The molecule has 2 fully saturated rings. The van der Waals surface area contributed by atoms with E-state index < -0.39 is 37.3 Å². The van der Waals surface area contributed by atoms with Crippen molar-refractivity contribution in [2.24, 2.45) is 11.8 Å². The molecule has 0 amide bonds. The van der Waals surface area contributed by atoms with Crippen molar-refractivity contribution in [3.8, 4) is 0 Å². The molecule has 108 valence electrons. The predicted molar refractivity (Wildman–Crippen MR) is 77.4 cm³/mol. The van der Waals surface area contributed by atoms with Gasteiger partial charge < -0.3 is 0 Å². The molecule has 4 atom stereocenters. The zero-order valence-corrected chi connectivity index (χ0v) is 14.3. The molecule has 3 nitrogen and oxygen atoms in total. The van der Waals surface area contributed by atoms with Crippen LogP contribution >= 0.6 is 69.6 Å². The van der Waals surface area contributed by atoms with Gasteiger partial charge in [0.05, 0.1) is 23.3 Å². The first-order chi connectivity index (χ1) is 8.69. The van der Waals surface area contributed by atoms with Crippen LogP contribution < -0.4 is 0 Å². The molecule has 3 rings (SSSR count). The van der Waals surface area contributed by atoms with Crippen molar-refractivity contribution in [1.29, 1.82) is 0 Å². The molecule has 19 heavy (non-hydrogen) atoms. The van der Waals surface area contributed by atoms with E-state index >= 15 is 0 Å². The van der Waals surface area contributed by atoms with Crippen LogP contribution in [0, 0.1) is 11.8 Å². The second kappa shape index (κ2) is 4.53. The lowest BCUT2D eigenvalue weighted by molar-refractivity contribution is 0.207. The Kier molecular flexibility index (Phi) is 3.68. The SMILES string of the molecule is O=S1OC[C@@H]2[C@@H](CO1)C1(Cl)C(Cl)=C(Cl)C2(Cl)C1(Cl)Cl. The van der Waals surface area contributed by atoms with Gasteiger partial charge in [-0.3, -0.25) is 8.37 Å². The maximum atomic E-state index is 11.3. The van der Waals surface area contributed by atoms with Crippen molar-refractivity contribution in [1.82, 2.24) is 0 Å². The first kappa shape index (κ1) is 15.4. The summed E-state index contributed by atoms with van der Waals surface area (Å²) >= 11 is 36.4. The van der Waals surface area contributed by atoms with Crippen LogP contribution in [0.1, 0.15) is 0 Å². The monoisotopic (exact) mass is 404 g/mol. The standard InChI is InChI=1S/C9H6Cl6O3S/c10-5-6(11)8(13)4-2-18-19(16)17-1-3(4)7(5,12)9(8,14)15/h3-4H,1-2H2/t3-,4-,7?,8?,19?/m1/s1. The van der Waals surface area contributed by atoms with Crippen LogP contribution in [0.4, 0.5) is 0 Å². The molecule has 1 aliphatic heterocycles. The highest BCUT2D eigenvalue weighted by Crippen LogP contribution is 2.76. The summed E-state index contributed by atoms with van der Waals surface area (Å²) in [6.07, 6.45) is 0. The van der Waals surface area contributed by atoms with Crippen LogP contribution in [0.25, 0.3) is 0 Å². The Morgan fingerprint density at radius 2 is 1.32 bits per heavy atom. The average Bonchev–Trinajstić information content (AvgIpc) is 2.54. The Labute approximate surface area is 142 Å². The predicted octanol–water partition coefficient (Wildman–Crippen LogP) is 3.69. The highest BCUT2D eigenvalue weighted by atomic mass is 35.5. The van der Waals surface area contributed by atoms with Crippen molar-refractivity contribution in [2.75, 3.05) is 13.2 Å². The third-order valence-electron chi connectivity index (χ3n) is 3.94. The van der Waals surface area contributed by atoms with Crippen molar-refractivity contribution < 1.29 is 12.6 Å². The van der Waals surface area contributed by atoms with Crippen molar-refractivity contribution >= 4 is 81.0 Å². The fourth-order valence-electron chi connectivity index (χ4n) is 2.96. The molecule has 2 aliphatic carbocycles. The second-order valence-electron chi connectivity index (χ2n) is 4.61. The largest absolute Gasteiger partial charge is 0.304 e. The van der Waals surface area contributed by atoms with Gasteiger partial charge in [-0.15, -0.1) is 23.2 Å². The Bertz CT molecular complexity index is 470. The fourth-order valence-corrected chi connectivity index (χ4v) is 6.60. The smallest absolute Gasteiger partial charge is 0.268 e. The van der Waals surface area contributed by atoms with E-state index in [1.807, 2.05) is 0 Å². The van der Waals surface area contributed by atoms with Crippen LogP contribution in [0.5, 0.6) is 0 Å². The van der Waals surface area contributed by atoms with Crippen LogP contribution in [-0.2, 0) is 19.7 Å². The highest BCUT2D eigenvalue weighted by molar-refractivity contribution is 7.75. The molecule has 1 saturated carbocycles. The maximum absolute atomic E-state index is 11.3. The molecule has 0 aromatic carbocycles. The molecule has 2 bridgehead atoms. The number of hydrogen-bond acceptors (Lipinski definition) is 3. The number of rotatable bonds is 0. The molecule has 1 saturated heterocycles.